The maximum atomic E-state index is 14.9. The van der Waals surface area contributed by atoms with Crippen LogP contribution in [0.2, 0.25) is 0 Å². The SMILES string of the molecule is O=C(NCCCOC1OC(COC2OC(CO)C(OCc3ccccc3)C(OCc3ccccc3)C2OC(=O)c2ccccc2)C(O)C(OC2OC(COCc3ccccc3)C(OCc3ccccc3)C(OCc3ccccc3)C2OC(=O)c2ccccc2)C1OC(=O)c1ccccc1)OCc1ccccc1. The van der Waals surface area contributed by atoms with Gasteiger partial charge in [-0.05, 0) is 76.2 Å². The summed E-state index contributed by atoms with van der Waals surface area (Å²) in [6.07, 6.45) is -22.5. The Morgan fingerprint density at radius 3 is 1.09 bits per heavy atom. The molecule has 15 unspecified atom stereocenters. The number of rotatable bonds is 35. The molecule has 3 saturated heterocycles. The molecule has 0 aliphatic carbocycles. The molecule has 0 aromatic heterocycles. The van der Waals surface area contributed by atoms with Gasteiger partial charge < -0.3 is 86.6 Å². The highest BCUT2D eigenvalue weighted by atomic mass is 16.8. The highest BCUT2D eigenvalue weighted by Crippen LogP contribution is 2.38. The van der Waals surface area contributed by atoms with E-state index in [0.717, 1.165) is 33.4 Å². The van der Waals surface area contributed by atoms with E-state index in [4.69, 9.17) is 71.1 Å². The van der Waals surface area contributed by atoms with Crippen LogP contribution in [0, 0.1) is 0 Å². The molecule has 3 heterocycles. The van der Waals surface area contributed by atoms with Gasteiger partial charge in [0.1, 0.15) is 61.5 Å². The van der Waals surface area contributed by atoms with Crippen LogP contribution in [0.3, 0.4) is 0 Å². The Morgan fingerprint density at radius 1 is 0.336 bits per heavy atom. The van der Waals surface area contributed by atoms with Gasteiger partial charge in [0, 0.05) is 6.54 Å². The maximum absolute atomic E-state index is 14.9. The van der Waals surface area contributed by atoms with Crippen molar-refractivity contribution in [3.63, 3.8) is 0 Å². The summed E-state index contributed by atoms with van der Waals surface area (Å²) < 4.78 is 100. The van der Waals surface area contributed by atoms with Gasteiger partial charge in [0.15, 0.2) is 37.2 Å². The van der Waals surface area contributed by atoms with E-state index in [1.807, 2.05) is 182 Å². The normalized spacial score (nSPS) is 24.1. The Kier molecular flexibility index (Phi) is 28.8. The van der Waals surface area contributed by atoms with Gasteiger partial charge in [-0.3, -0.25) is 0 Å². The lowest BCUT2D eigenvalue weighted by Gasteiger charge is -2.49. The van der Waals surface area contributed by atoms with Crippen LogP contribution in [-0.2, 0) is 111 Å². The molecular weight excluding hydrogens is 1370 g/mol. The van der Waals surface area contributed by atoms with Crippen molar-refractivity contribution in [1.82, 2.24) is 5.32 Å². The van der Waals surface area contributed by atoms with Crippen molar-refractivity contribution < 1.29 is 100 Å². The summed E-state index contributed by atoms with van der Waals surface area (Å²) >= 11 is 0. The lowest BCUT2D eigenvalue weighted by Crippen LogP contribution is -2.67. The highest BCUT2D eigenvalue weighted by molar-refractivity contribution is 5.90. The zero-order valence-corrected chi connectivity index (χ0v) is 58.8. The fourth-order valence-electron chi connectivity index (χ4n) is 12.6. The van der Waals surface area contributed by atoms with E-state index in [2.05, 4.69) is 5.32 Å². The van der Waals surface area contributed by atoms with E-state index in [1.54, 1.807) is 91.0 Å². The van der Waals surface area contributed by atoms with E-state index in [-0.39, 0.29) is 82.5 Å². The van der Waals surface area contributed by atoms with E-state index in [0.29, 0.717) is 0 Å². The molecule has 12 rings (SSSR count). The van der Waals surface area contributed by atoms with Gasteiger partial charge in [0.2, 0.25) is 0 Å². The van der Waals surface area contributed by atoms with E-state index >= 15 is 0 Å². The molecule has 3 aliphatic heterocycles. The monoisotopic (exact) mass is 1460 g/mol. The zero-order chi connectivity index (χ0) is 73.8. The lowest BCUT2D eigenvalue weighted by molar-refractivity contribution is -0.370. The molecule has 107 heavy (non-hydrogen) atoms. The van der Waals surface area contributed by atoms with Crippen LogP contribution >= 0.6 is 0 Å². The Balaban J connectivity index is 0.923. The van der Waals surface area contributed by atoms with Crippen molar-refractivity contribution in [3.8, 4) is 0 Å². The minimum atomic E-state index is -1.92. The van der Waals surface area contributed by atoms with Crippen LogP contribution in [0.25, 0.3) is 0 Å². The van der Waals surface area contributed by atoms with Crippen LogP contribution in [0.5, 0.6) is 0 Å². The predicted molar refractivity (Wildman–Crippen MR) is 388 cm³/mol. The number of esters is 3. The summed E-state index contributed by atoms with van der Waals surface area (Å²) in [5.74, 6) is -2.46. The molecule has 3 fully saturated rings. The van der Waals surface area contributed by atoms with Crippen LogP contribution in [0.1, 0.15) is 70.9 Å². The molecule has 0 saturated carbocycles. The molecule has 1 amide bonds. The molecule has 22 nitrogen and oxygen atoms in total. The third-order valence-corrected chi connectivity index (χ3v) is 18.1. The topological polar surface area (TPSA) is 259 Å². The van der Waals surface area contributed by atoms with Crippen molar-refractivity contribution in [2.24, 2.45) is 0 Å². The van der Waals surface area contributed by atoms with Gasteiger partial charge >= 0.3 is 24.0 Å². The summed E-state index contributed by atoms with van der Waals surface area (Å²) in [4.78, 5) is 57.3. The minimum absolute atomic E-state index is 0.0140. The van der Waals surface area contributed by atoms with Crippen molar-refractivity contribution >= 4 is 24.0 Å². The average Bonchev–Trinajstić information content (AvgIpc) is 0.769. The van der Waals surface area contributed by atoms with E-state index in [1.165, 1.54) is 0 Å². The molecular formula is C85H87NO21. The number of amides is 1. The lowest BCUT2D eigenvalue weighted by atomic mass is 9.95. The van der Waals surface area contributed by atoms with Gasteiger partial charge in [0.05, 0.1) is 76.2 Å². The summed E-state index contributed by atoms with van der Waals surface area (Å²) in [5.41, 5.74) is 5.21. The number of carbonyl (C=O) groups is 4. The van der Waals surface area contributed by atoms with Crippen LogP contribution in [0.4, 0.5) is 4.79 Å². The van der Waals surface area contributed by atoms with Crippen LogP contribution in [0.15, 0.2) is 273 Å². The van der Waals surface area contributed by atoms with Crippen LogP contribution in [-0.4, -0.2) is 159 Å². The van der Waals surface area contributed by atoms with Crippen molar-refractivity contribution in [3.05, 3.63) is 323 Å². The Bertz CT molecular complexity index is 4090. The number of nitrogens with one attached hydrogen (secondary N) is 1. The largest absolute Gasteiger partial charge is 0.450 e. The van der Waals surface area contributed by atoms with Gasteiger partial charge in [0.25, 0.3) is 0 Å². The fourth-order valence-corrected chi connectivity index (χ4v) is 12.6. The number of hydrogen-bond donors (Lipinski definition) is 3. The Labute approximate surface area is 621 Å². The first-order valence-corrected chi connectivity index (χ1v) is 35.7. The molecule has 0 bridgehead atoms. The van der Waals surface area contributed by atoms with Gasteiger partial charge in [-0.15, -0.1) is 0 Å². The predicted octanol–water partition coefficient (Wildman–Crippen LogP) is 11.5. The molecule has 3 aliphatic rings. The standard InChI is InChI=1S/C85H87NO21/c87-49-67-71(95-51-59-31-12-2-13-32-59)74(97-53-61-35-16-4-17-36-61)77(105-80(90)65-43-24-8-25-44-65)83(101-67)99-57-68-70(88)73(76(104-79(89)64-41-22-7-23-42-64)82(102-68)94-48-28-47-86-85(92)100-55-63-39-20-6-21-40-63)107-84-78(106-81(91)66-45-26-9-27-46-66)75(98-54-62-37-18-5-19-38-62)72(96-52-60-33-14-3-15-34-60)69(103-84)56-93-50-58-29-10-1-11-30-58/h1-27,29-46,67-78,82-84,87-88H,28,47-57H2,(H,86,92). The van der Waals surface area contributed by atoms with E-state index in [9.17, 15) is 29.4 Å². The van der Waals surface area contributed by atoms with Gasteiger partial charge in [-0.25, -0.2) is 19.2 Å². The number of alkyl carbamates (subject to hydrolysis) is 1. The van der Waals surface area contributed by atoms with Crippen molar-refractivity contribution in [2.45, 2.75) is 138 Å². The zero-order valence-electron chi connectivity index (χ0n) is 58.8. The molecule has 9 aromatic rings. The molecule has 15 atom stereocenters. The molecule has 0 spiro atoms. The van der Waals surface area contributed by atoms with E-state index < -0.39 is 129 Å². The van der Waals surface area contributed by atoms with Crippen molar-refractivity contribution in [2.75, 3.05) is 33.0 Å². The summed E-state index contributed by atoms with van der Waals surface area (Å²) in [6, 6.07) is 80.9. The number of benzene rings is 9. The highest BCUT2D eigenvalue weighted by Gasteiger charge is 2.57. The quantitative estimate of drug-likeness (QED) is 0.0189. The second-order valence-electron chi connectivity index (χ2n) is 25.7. The van der Waals surface area contributed by atoms with Crippen LogP contribution < -0.4 is 5.32 Å². The summed E-state index contributed by atoms with van der Waals surface area (Å²) in [5, 5.41) is 27.5. The first-order chi connectivity index (χ1) is 52.6. The summed E-state index contributed by atoms with van der Waals surface area (Å²) in [7, 11) is 0. The second-order valence-corrected chi connectivity index (χ2v) is 25.7. The van der Waals surface area contributed by atoms with Crippen molar-refractivity contribution in [1.29, 1.82) is 0 Å². The maximum Gasteiger partial charge on any atom is 0.407 e. The smallest absolute Gasteiger partial charge is 0.407 e. The molecule has 22 heteroatoms. The third kappa shape index (κ3) is 22.1. The first-order valence-electron chi connectivity index (χ1n) is 35.7. The Hall–Kier alpha value is -9.86. The number of carbonyl (C=O) groups excluding carboxylic acids is 4. The average molecular weight is 1460 g/mol. The molecule has 3 N–H and O–H groups in total. The Morgan fingerprint density at radius 2 is 0.673 bits per heavy atom. The molecule has 9 aromatic carbocycles. The number of aliphatic hydroxyl groups is 2. The second kappa shape index (κ2) is 40.2. The minimum Gasteiger partial charge on any atom is -0.450 e. The number of ether oxygens (including phenoxy) is 15. The summed E-state index contributed by atoms with van der Waals surface area (Å²) in [6.45, 7) is -1.37. The fraction of sp³-hybridized carbons (Fsp3) is 0.318. The third-order valence-electron chi connectivity index (χ3n) is 18.1. The first kappa shape index (κ1) is 76.8. The number of hydrogen-bond acceptors (Lipinski definition) is 21. The number of aliphatic hydroxyl groups excluding tert-OH is 2. The van der Waals surface area contributed by atoms with Gasteiger partial charge in [-0.1, -0.05) is 237 Å². The van der Waals surface area contributed by atoms with Gasteiger partial charge in [-0.2, -0.15) is 0 Å². The molecule has 558 valence electrons. The molecule has 0 radical (unpaired) electrons.